The molecule has 33 heavy (non-hydrogen) atoms. The van der Waals surface area contributed by atoms with Crippen molar-refractivity contribution in [3.63, 3.8) is 0 Å². The van der Waals surface area contributed by atoms with E-state index >= 15 is 0 Å². The second kappa shape index (κ2) is 8.00. The lowest BCUT2D eigenvalue weighted by Gasteiger charge is -2.28. The molecule has 4 aromatic rings. The van der Waals surface area contributed by atoms with Crippen molar-refractivity contribution in [1.82, 2.24) is 30.3 Å². The van der Waals surface area contributed by atoms with Gasteiger partial charge in [-0.2, -0.15) is 0 Å². The molecule has 4 aromatic heterocycles. The topological polar surface area (TPSA) is 97.9 Å². The Balaban J connectivity index is 1.37. The van der Waals surface area contributed by atoms with Crippen LogP contribution in [0.2, 0.25) is 0 Å². The largest absolute Gasteiger partial charge is 0.376 e. The van der Waals surface area contributed by atoms with E-state index in [-0.39, 0.29) is 6.04 Å². The van der Waals surface area contributed by atoms with Gasteiger partial charge in [-0.25, -0.2) is 10.4 Å². The van der Waals surface area contributed by atoms with Gasteiger partial charge in [-0.1, -0.05) is 0 Å². The van der Waals surface area contributed by atoms with Crippen molar-refractivity contribution in [2.45, 2.75) is 25.3 Å². The molecule has 9 heteroatoms. The van der Waals surface area contributed by atoms with Crippen LogP contribution in [0.15, 0.2) is 43.1 Å². The van der Waals surface area contributed by atoms with Gasteiger partial charge in [0.15, 0.2) is 0 Å². The summed E-state index contributed by atoms with van der Waals surface area (Å²) in [5.41, 5.74) is 14.6. The Kier molecular flexibility index (Phi) is 4.83. The van der Waals surface area contributed by atoms with E-state index in [4.69, 9.17) is 4.98 Å². The number of nitrogens with one attached hydrogen (secondary N) is 3. The van der Waals surface area contributed by atoms with Crippen LogP contribution in [0.3, 0.4) is 0 Å². The summed E-state index contributed by atoms with van der Waals surface area (Å²) in [5, 5.41) is 0. The molecule has 0 radical (unpaired) electrons. The lowest BCUT2D eigenvalue weighted by Crippen LogP contribution is -2.29. The van der Waals surface area contributed by atoms with Gasteiger partial charge < -0.3 is 20.2 Å². The Bertz CT molecular complexity index is 1310. The number of hydrogen-bond donors (Lipinski definition) is 3. The molecule has 0 saturated carbocycles. The molecule has 1 unspecified atom stereocenters. The fourth-order valence-corrected chi connectivity index (χ4v) is 4.67. The van der Waals surface area contributed by atoms with Crippen molar-refractivity contribution in [2.75, 3.05) is 42.4 Å². The maximum Gasteiger partial charge on any atom is 0.131 e. The van der Waals surface area contributed by atoms with E-state index in [0.717, 1.165) is 63.8 Å². The first-order valence-corrected chi connectivity index (χ1v) is 11.4. The minimum atomic E-state index is -0.117. The van der Waals surface area contributed by atoms with Crippen LogP contribution in [0.4, 0.5) is 17.1 Å². The summed E-state index contributed by atoms with van der Waals surface area (Å²) in [4.78, 5) is 26.5. The minimum absolute atomic E-state index is 0.117. The van der Waals surface area contributed by atoms with Crippen LogP contribution in [0, 0.1) is 0 Å². The molecule has 1 fully saturated rings. The molecule has 6 heterocycles. The second-order valence-electron chi connectivity index (χ2n) is 8.91. The van der Waals surface area contributed by atoms with Gasteiger partial charge >= 0.3 is 0 Å². The molecule has 1 saturated heterocycles. The molecule has 0 aromatic carbocycles. The van der Waals surface area contributed by atoms with Crippen molar-refractivity contribution in [3.05, 3.63) is 54.5 Å². The molecular formula is C24H27N9. The third kappa shape index (κ3) is 3.54. The standard InChI is InChI=1S/C24H27N9/c1-32(2)16-8-15(10-25-11-16)18-9-17-19(13-27-18)30-31-22(17)24-28-20-12-26-14-21(23(20)29-24)33-6-4-3-5-7-33/h8-14,22,30-31H,3-7H2,1-2H3,(H,28,29). The number of H-pyrrole nitrogens is 1. The molecule has 1 atom stereocenters. The third-order valence-electron chi connectivity index (χ3n) is 6.50. The van der Waals surface area contributed by atoms with Crippen LogP contribution in [-0.2, 0) is 0 Å². The van der Waals surface area contributed by atoms with E-state index in [2.05, 4.69) is 47.8 Å². The number of rotatable bonds is 4. The molecule has 168 valence electrons. The summed E-state index contributed by atoms with van der Waals surface area (Å²) in [6, 6.07) is 4.10. The van der Waals surface area contributed by atoms with Crippen LogP contribution in [0.1, 0.15) is 36.7 Å². The van der Waals surface area contributed by atoms with Gasteiger partial charge in [0.1, 0.15) is 17.4 Å². The number of imidazole rings is 1. The smallest absolute Gasteiger partial charge is 0.131 e. The molecule has 6 rings (SSSR count). The lowest BCUT2D eigenvalue weighted by molar-refractivity contribution is 0.578. The zero-order valence-electron chi connectivity index (χ0n) is 18.8. The molecule has 0 spiro atoms. The van der Waals surface area contributed by atoms with E-state index in [9.17, 15) is 0 Å². The number of aromatic amines is 1. The number of aromatic nitrogens is 5. The first-order valence-electron chi connectivity index (χ1n) is 11.4. The number of hydrogen-bond acceptors (Lipinski definition) is 8. The van der Waals surface area contributed by atoms with Crippen LogP contribution in [0.25, 0.3) is 22.3 Å². The van der Waals surface area contributed by atoms with Crippen molar-refractivity contribution in [1.29, 1.82) is 0 Å². The Labute approximate surface area is 192 Å². The highest BCUT2D eigenvalue weighted by Crippen LogP contribution is 2.36. The summed E-state index contributed by atoms with van der Waals surface area (Å²) < 4.78 is 0. The SMILES string of the molecule is CN(C)c1cncc(-c2cc3c(cn2)NNC3c2nc3c(N4CCCCC4)cncc3[nH]2)c1. The Hall–Kier alpha value is -3.72. The molecule has 0 bridgehead atoms. The molecule has 0 aliphatic carbocycles. The second-order valence-corrected chi connectivity index (χ2v) is 8.91. The highest BCUT2D eigenvalue weighted by molar-refractivity contribution is 5.88. The fourth-order valence-electron chi connectivity index (χ4n) is 4.67. The van der Waals surface area contributed by atoms with E-state index in [0.29, 0.717) is 0 Å². The van der Waals surface area contributed by atoms with Gasteiger partial charge in [0.25, 0.3) is 0 Å². The number of nitrogens with zero attached hydrogens (tertiary/aromatic N) is 6. The predicted octanol–water partition coefficient (Wildman–Crippen LogP) is 3.49. The summed E-state index contributed by atoms with van der Waals surface area (Å²) in [5.74, 6) is 0.861. The van der Waals surface area contributed by atoms with Gasteiger partial charge in [0, 0.05) is 44.5 Å². The Morgan fingerprint density at radius 1 is 0.970 bits per heavy atom. The van der Waals surface area contributed by atoms with Gasteiger partial charge in [0.2, 0.25) is 0 Å². The third-order valence-corrected chi connectivity index (χ3v) is 6.50. The first-order chi connectivity index (χ1) is 16.2. The zero-order chi connectivity index (χ0) is 22.4. The van der Waals surface area contributed by atoms with Crippen molar-refractivity contribution < 1.29 is 0 Å². The number of pyridine rings is 3. The maximum atomic E-state index is 5.03. The van der Waals surface area contributed by atoms with E-state index < -0.39 is 0 Å². The van der Waals surface area contributed by atoms with Crippen molar-refractivity contribution in [2.24, 2.45) is 0 Å². The van der Waals surface area contributed by atoms with Gasteiger partial charge in [-0.05, 0) is 31.4 Å². The average molecular weight is 442 g/mol. The summed E-state index contributed by atoms with van der Waals surface area (Å²) in [7, 11) is 4.02. The van der Waals surface area contributed by atoms with Crippen LogP contribution in [0.5, 0.6) is 0 Å². The van der Waals surface area contributed by atoms with Gasteiger partial charge in [-0.3, -0.25) is 15.0 Å². The predicted molar refractivity (Wildman–Crippen MR) is 130 cm³/mol. The van der Waals surface area contributed by atoms with Gasteiger partial charge in [0.05, 0.1) is 53.1 Å². The van der Waals surface area contributed by atoms with E-state index in [1.165, 1.54) is 19.3 Å². The Morgan fingerprint density at radius 2 is 1.82 bits per heavy atom. The number of piperidine rings is 1. The first kappa shape index (κ1) is 19.9. The average Bonchev–Trinajstić information content (AvgIpc) is 3.48. The number of anilines is 3. The highest BCUT2D eigenvalue weighted by atomic mass is 15.4. The normalized spacial score (nSPS) is 17.8. The van der Waals surface area contributed by atoms with Gasteiger partial charge in [-0.15, -0.1) is 0 Å². The summed E-state index contributed by atoms with van der Waals surface area (Å²) >= 11 is 0. The van der Waals surface area contributed by atoms with E-state index in [1.807, 2.05) is 50.0 Å². The Morgan fingerprint density at radius 3 is 2.67 bits per heavy atom. The van der Waals surface area contributed by atoms with Crippen molar-refractivity contribution in [3.8, 4) is 11.3 Å². The molecule has 3 N–H and O–H groups in total. The van der Waals surface area contributed by atoms with Crippen LogP contribution in [-0.4, -0.2) is 52.1 Å². The molecule has 2 aliphatic heterocycles. The minimum Gasteiger partial charge on any atom is -0.376 e. The quantitative estimate of drug-likeness (QED) is 0.443. The number of hydrazine groups is 1. The van der Waals surface area contributed by atoms with Crippen molar-refractivity contribution >= 4 is 28.1 Å². The molecular weight excluding hydrogens is 414 g/mol. The molecule has 9 nitrogen and oxygen atoms in total. The lowest BCUT2D eigenvalue weighted by atomic mass is 10.0. The monoisotopic (exact) mass is 441 g/mol. The fraction of sp³-hybridized carbons (Fsp3) is 0.333. The highest BCUT2D eigenvalue weighted by Gasteiger charge is 2.28. The maximum absolute atomic E-state index is 5.03. The molecule has 2 aliphatic rings. The number of fused-ring (bicyclic) bond motifs is 2. The zero-order valence-corrected chi connectivity index (χ0v) is 18.8. The van der Waals surface area contributed by atoms with Crippen LogP contribution < -0.4 is 20.7 Å². The van der Waals surface area contributed by atoms with E-state index in [1.54, 1.807) is 0 Å². The molecule has 0 amide bonds. The summed E-state index contributed by atoms with van der Waals surface area (Å²) in [6.07, 6.45) is 13.1. The van der Waals surface area contributed by atoms with Crippen LogP contribution >= 0.6 is 0 Å². The summed E-state index contributed by atoms with van der Waals surface area (Å²) in [6.45, 7) is 2.12.